The van der Waals surface area contributed by atoms with Crippen molar-refractivity contribution < 1.29 is 5.11 Å². The number of fused-ring (bicyclic) bond motifs is 1. The van der Waals surface area contributed by atoms with E-state index in [1.807, 2.05) is 47.8 Å². The highest BCUT2D eigenvalue weighted by molar-refractivity contribution is 9.10. The molecule has 1 aromatic heterocycles. The Hall–Kier alpha value is -1.16. The van der Waals surface area contributed by atoms with Crippen LogP contribution < -0.4 is 0 Å². The summed E-state index contributed by atoms with van der Waals surface area (Å²) < 4.78 is 1.06. The SMILES string of the molecule is OC(c1cccs1)c1ccc(Br)c2ccccc12. The minimum atomic E-state index is -0.553. The van der Waals surface area contributed by atoms with Crippen LogP contribution in [0.4, 0.5) is 0 Å². The molecule has 0 bridgehead atoms. The average molecular weight is 319 g/mol. The Morgan fingerprint density at radius 2 is 1.72 bits per heavy atom. The molecular formula is C15H11BrOS. The second-order valence-corrected chi connectivity index (χ2v) is 5.93. The summed E-state index contributed by atoms with van der Waals surface area (Å²) in [6.45, 7) is 0. The van der Waals surface area contributed by atoms with Crippen molar-refractivity contribution in [1.82, 2.24) is 0 Å². The van der Waals surface area contributed by atoms with Crippen LogP contribution in [0.1, 0.15) is 16.5 Å². The molecule has 18 heavy (non-hydrogen) atoms. The Morgan fingerprint density at radius 3 is 2.44 bits per heavy atom. The first-order valence-corrected chi connectivity index (χ1v) is 7.33. The van der Waals surface area contributed by atoms with Gasteiger partial charge in [-0.1, -0.05) is 52.3 Å². The molecule has 1 nitrogen and oxygen atoms in total. The molecule has 1 unspecified atom stereocenters. The van der Waals surface area contributed by atoms with Crippen LogP contribution in [-0.2, 0) is 0 Å². The van der Waals surface area contributed by atoms with E-state index in [1.165, 1.54) is 0 Å². The number of halogens is 1. The van der Waals surface area contributed by atoms with Crippen LogP contribution in [-0.4, -0.2) is 5.11 Å². The first kappa shape index (κ1) is 11.9. The predicted octanol–water partition coefficient (Wildman–Crippen LogP) is 4.75. The predicted molar refractivity (Wildman–Crippen MR) is 80.0 cm³/mol. The van der Waals surface area contributed by atoms with Crippen molar-refractivity contribution >= 4 is 38.0 Å². The third-order valence-electron chi connectivity index (χ3n) is 3.01. The molecule has 0 radical (unpaired) electrons. The molecule has 90 valence electrons. The zero-order valence-corrected chi connectivity index (χ0v) is 11.9. The number of rotatable bonds is 2. The Bertz CT molecular complexity index is 676. The van der Waals surface area contributed by atoms with Gasteiger partial charge in [-0.25, -0.2) is 0 Å². The van der Waals surface area contributed by atoms with Crippen LogP contribution in [0.25, 0.3) is 10.8 Å². The fourth-order valence-corrected chi connectivity index (χ4v) is 3.33. The fourth-order valence-electron chi connectivity index (χ4n) is 2.12. The lowest BCUT2D eigenvalue weighted by molar-refractivity contribution is 0.226. The Balaban J connectivity index is 2.21. The van der Waals surface area contributed by atoms with Gasteiger partial charge in [-0.05, 0) is 33.8 Å². The highest BCUT2D eigenvalue weighted by Crippen LogP contribution is 2.34. The monoisotopic (exact) mass is 318 g/mol. The lowest BCUT2D eigenvalue weighted by atomic mass is 10.00. The quantitative estimate of drug-likeness (QED) is 0.723. The fraction of sp³-hybridized carbons (Fsp3) is 0.0667. The largest absolute Gasteiger partial charge is 0.383 e. The van der Waals surface area contributed by atoms with Gasteiger partial charge in [-0.2, -0.15) is 0 Å². The summed E-state index contributed by atoms with van der Waals surface area (Å²) in [5, 5.41) is 14.7. The van der Waals surface area contributed by atoms with Crippen molar-refractivity contribution in [1.29, 1.82) is 0 Å². The van der Waals surface area contributed by atoms with Crippen LogP contribution in [0.2, 0.25) is 0 Å². The van der Waals surface area contributed by atoms with Gasteiger partial charge < -0.3 is 5.11 Å². The van der Waals surface area contributed by atoms with Crippen molar-refractivity contribution in [3.63, 3.8) is 0 Å². The molecule has 3 aromatic rings. The molecular weight excluding hydrogens is 308 g/mol. The second-order valence-electron chi connectivity index (χ2n) is 4.10. The number of benzene rings is 2. The van der Waals surface area contributed by atoms with Crippen LogP contribution in [0, 0.1) is 0 Å². The summed E-state index contributed by atoms with van der Waals surface area (Å²) in [4.78, 5) is 0.975. The van der Waals surface area contributed by atoms with Crippen LogP contribution in [0.15, 0.2) is 58.4 Å². The minimum absolute atomic E-state index is 0.553. The van der Waals surface area contributed by atoms with Gasteiger partial charge in [-0.3, -0.25) is 0 Å². The molecule has 0 saturated carbocycles. The zero-order valence-electron chi connectivity index (χ0n) is 9.51. The van der Waals surface area contributed by atoms with Crippen LogP contribution in [0.3, 0.4) is 0 Å². The lowest BCUT2D eigenvalue weighted by Gasteiger charge is -2.13. The van der Waals surface area contributed by atoms with Gasteiger partial charge in [0.2, 0.25) is 0 Å². The highest BCUT2D eigenvalue weighted by atomic mass is 79.9. The van der Waals surface area contributed by atoms with Gasteiger partial charge in [0.1, 0.15) is 6.10 Å². The van der Waals surface area contributed by atoms with Gasteiger partial charge in [0, 0.05) is 9.35 Å². The Kier molecular flexibility index (Phi) is 3.20. The molecule has 1 N–H and O–H groups in total. The summed E-state index contributed by atoms with van der Waals surface area (Å²) in [5.74, 6) is 0. The number of hydrogen-bond donors (Lipinski definition) is 1. The topological polar surface area (TPSA) is 20.2 Å². The summed E-state index contributed by atoms with van der Waals surface area (Å²) in [5.41, 5.74) is 0.955. The van der Waals surface area contributed by atoms with Gasteiger partial charge in [-0.15, -0.1) is 11.3 Å². The molecule has 1 atom stereocenters. The third kappa shape index (κ3) is 1.99. The van der Waals surface area contributed by atoms with Gasteiger partial charge >= 0.3 is 0 Å². The molecule has 0 spiro atoms. The zero-order chi connectivity index (χ0) is 12.5. The van der Waals surface area contributed by atoms with Gasteiger partial charge in [0.05, 0.1) is 0 Å². The van der Waals surface area contributed by atoms with Crippen molar-refractivity contribution in [3.05, 3.63) is 68.8 Å². The van der Waals surface area contributed by atoms with Crippen molar-refractivity contribution in [2.24, 2.45) is 0 Å². The van der Waals surface area contributed by atoms with Crippen LogP contribution in [0.5, 0.6) is 0 Å². The maximum Gasteiger partial charge on any atom is 0.114 e. The van der Waals surface area contributed by atoms with Gasteiger partial charge in [0.15, 0.2) is 0 Å². The smallest absolute Gasteiger partial charge is 0.114 e. The number of aliphatic hydroxyl groups is 1. The Labute approximate surface area is 118 Å². The number of hydrogen-bond acceptors (Lipinski definition) is 2. The molecule has 3 rings (SSSR count). The standard InChI is InChI=1S/C15H11BrOS/c16-13-8-7-12(10-4-1-2-5-11(10)13)15(17)14-6-3-9-18-14/h1-9,15,17H. The second kappa shape index (κ2) is 4.84. The first-order valence-electron chi connectivity index (χ1n) is 5.66. The molecule has 0 saturated heterocycles. The van der Waals surface area contributed by atoms with E-state index in [9.17, 15) is 5.11 Å². The van der Waals surface area contributed by atoms with E-state index in [2.05, 4.69) is 22.0 Å². The average Bonchev–Trinajstić information content (AvgIpc) is 2.93. The summed E-state index contributed by atoms with van der Waals surface area (Å²) >= 11 is 5.13. The van der Waals surface area contributed by atoms with Crippen LogP contribution >= 0.6 is 27.3 Å². The molecule has 0 aliphatic carbocycles. The molecule has 3 heteroatoms. The van der Waals surface area contributed by atoms with E-state index in [1.54, 1.807) is 11.3 Å². The lowest BCUT2D eigenvalue weighted by Crippen LogP contribution is -1.98. The van der Waals surface area contributed by atoms with Crippen molar-refractivity contribution in [2.75, 3.05) is 0 Å². The van der Waals surface area contributed by atoms with Crippen molar-refractivity contribution in [2.45, 2.75) is 6.10 Å². The third-order valence-corrected chi connectivity index (χ3v) is 4.63. The first-order chi connectivity index (χ1) is 8.77. The number of aliphatic hydroxyl groups excluding tert-OH is 1. The summed E-state index contributed by atoms with van der Waals surface area (Å²) in [7, 11) is 0. The van der Waals surface area contributed by atoms with E-state index >= 15 is 0 Å². The van der Waals surface area contributed by atoms with Crippen molar-refractivity contribution in [3.8, 4) is 0 Å². The van der Waals surface area contributed by atoms with E-state index in [-0.39, 0.29) is 0 Å². The normalized spacial score (nSPS) is 12.8. The molecule has 0 amide bonds. The minimum Gasteiger partial charge on any atom is -0.383 e. The van der Waals surface area contributed by atoms with E-state index in [0.29, 0.717) is 0 Å². The molecule has 0 aliphatic rings. The highest BCUT2D eigenvalue weighted by Gasteiger charge is 2.15. The van der Waals surface area contributed by atoms with Gasteiger partial charge in [0.25, 0.3) is 0 Å². The molecule has 2 aromatic carbocycles. The Morgan fingerprint density at radius 1 is 0.944 bits per heavy atom. The van der Waals surface area contributed by atoms with E-state index in [0.717, 1.165) is 25.7 Å². The maximum absolute atomic E-state index is 10.5. The summed E-state index contributed by atoms with van der Waals surface area (Å²) in [6.07, 6.45) is -0.553. The maximum atomic E-state index is 10.5. The summed E-state index contributed by atoms with van der Waals surface area (Å²) in [6, 6.07) is 16.0. The van der Waals surface area contributed by atoms with E-state index < -0.39 is 6.10 Å². The molecule has 1 heterocycles. The van der Waals surface area contributed by atoms with E-state index in [4.69, 9.17) is 0 Å². The number of thiophene rings is 1. The molecule has 0 aliphatic heterocycles. The molecule has 0 fully saturated rings.